The molecule has 0 saturated carbocycles. The highest BCUT2D eigenvalue weighted by Crippen LogP contribution is 2.15. The molecule has 0 spiro atoms. The molecule has 6 nitrogen and oxygen atoms in total. The van der Waals surface area contributed by atoms with Gasteiger partial charge in [0.25, 0.3) is 0 Å². The molecule has 1 atom stereocenters. The van der Waals surface area contributed by atoms with E-state index in [1.165, 1.54) is 0 Å². The first-order chi connectivity index (χ1) is 10.1. The van der Waals surface area contributed by atoms with Gasteiger partial charge in [0.1, 0.15) is 0 Å². The fourth-order valence-electron chi connectivity index (χ4n) is 2.38. The smallest absolute Gasteiger partial charge is 0.322 e. The molecule has 2 amide bonds. The van der Waals surface area contributed by atoms with E-state index in [2.05, 4.69) is 17.0 Å². The second kappa shape index (κ2) is 7.26. The molecule has 1 aliphatic rings. The summed E-state index contributed by atoms with van der Waals surface area (Å²) in [7, 11) is 0. The normalized spacial score (nSPS) is 17.7. The standard InChI is InChI=1S/C15H24N4O2/c1-4-18(9-12(2)3)15(20)17-13-8-16-19(10-13)11-14-6-5-7-21-14/h8,10,14H,2,4-7,9,11H2,1,3H3,(H,17,20). The van der Waals surface area contributed by atoms with Crippen molar-refractivity contribution in [2.45, 2.75) is 39.3 Å². The molecule has 21 heavy (non-hydrogen) atoms. The van der Waals surface area contributed by atoms with E-state index in [0.29, 0.717) is 18.8 Å². The van der Waals surface area contributed by atoms with Crippen LogP contribution in [0, 0.1) is 0 Å². The van der Waals surface area contributed by atoms with Crippen molar-refractivity contribution in [3.8, 4) is 0 Å². The van der Waals surface area contributed by atoms with Gasteiger partial charge in [-0.2, -0.15) is 5.10 Å². The van der Waals surface area contributed by atoms with E-state index >= 15 is 0 Å². The first-order valence-corrected chi connectivity index (χ1v) is 7.43. The summed E-state index contributed by atoms with van der Waals surface area (Å²) < 4.78 is 7.40. The van der Waals surface area contributed by atoms with Gasteiger partial charge in [-0.3, -0.25) is 4.68 Å². The fraction of sp³-hybridized carbons (Fsp3) is 0.600. The molecule has 0 bridgehead atoms. The number of likely N-dealkylation sites (N-methyl/N-ethyl adjacent to an activating group) is 1. The van der Waals surface area contributed by atoms with Gasteiger partial charge in [-0.25, -0.2) is 4.79 Å². The van der Waals surface area contributed by atoms with Crippen molar-refractivity contribution in [2.24, 2.45) is 0 Å². The van der Waals surface area contributed by atoms with E-state index in [0.717, 1.165) is 31.6 Å². The summed E-state index contributed by atoms with van der Waals surface area (Å²) in [5.41, 5.74) is 1.67. The maximum atomic E-state index is 12.1. The van der Waals surface area contributed by atoms with Crippen LogP contribution in [0.5, 0.6) is 0 Å². The van der Waals surface area contributed by atoms with Crippen LogP contribution in [0.25, 0.3) is 0 Å². The van der Waals surface area contributed by atoms with Crippen molar-refractivity contribution in [3.63, 3.8) is 0 Å². The fourth-order valence-corrected chi connectivity index (χ4v) is 2.38. The van der Waals surface area contributed by atoms with E-state index in [1.54, 1.807) is 11.1 Å². The molecule has 1 saturated heterocycles. The van der Waals surface area contributed by atoms with Gasteiger partial charge < -0.3 is 15.0 Å². The zero-order valence-electron chi connectivity index (χ0n) is 12.8. The zero-order chi connectivity index (χ0) is 15.2. The minimum Gasteiger partial charge on any atom is -0.376 e. The average molecular weight is 292 g/mol. The summed E-state index contributed by atoms with van der Waals surface area (Å²) in [6.07, 6.45) is 5.94. The minimum atomic E-state index is -0.128. The number of hydrogen-bond acceptors (Lipinski definition) is 3. The van der Waals surface area contributed by atoms with Gasteiger partial charge in [0.2, 0.25) is 0 Å². The van der Waals surface area contributed by atoms with Crippen LogP contribution < -0.4 is 5.32 Å². The van der Waals surface area contributed by atoms with Gasteiger partial charge in [0, 0.05) is 25.9 Å². The van der Waals surface area contributed by atoms with E-state index in [1.807, 2.05) is 24.7 Å². The molecular formula is C15H24N4O2. The zero-order valence-corrected chi connectivity index (χ0v) is 12.8. The first kappa shape index (κ1) is 15.6. The highest BCUT2D eigenvalue weighted by atomic mass is 16.5. The molecule has 1 aliphatic heterocycles. The largest absolute Gasteiger partial charge is 0.376 e. The van der Waals surface area contributed by atoms with E-state index in [-0.39, 0.29) is 12.1 Å². The summed E-state index contributed by atoms with van der Waals surface area (Å²) >= 11 is 0. The average Bonchev–Trinajstić information content (AvgIpc) is 3.08. The van der Waals surface area contributed by atoms with Gasteiger partial charge >= 0.3 is 6.03 Å². The summed E-state index contributed by atoms with van der Waals surface area (Å²) in [4.78, 5) is 13.9. The Labute approximate surface area is 125 Å². The number of ether oxygens (including phenoxy) is 1. The van der Waals surface area contributed by atoms with E-state index < -0.39 is 0 Å². The number of nitrogens with zero attached hydrogens (tertiary/aromatic N) is 3. The molecule has 1 aromatic rings. The molecule has 0 aromatic carbocycles. The predicted molar refractivity (Wildman–Crippen MR) is 82.3 cm³/mol. The number of anilines is 1. The van der Waals surface area contributed by atoms with Gasteiger partial charge in [-0.15, -0.1) is 0 Å². The van der Waals surface area contributed by atoms with Crippen molar-refractivity contribution in [3.05, 3.63) is 24.5 Å². The Morgan fingerprint density at radius 2 is 2.48 bits per heavy atom. The van der Waals surface area contributed by atoms with Crippen molar-refractivity contribution in [1.29, 1.82) is 0 Å². The lowest BCUT2D eigenvalue weighted by molar-refractivity contribution is 0.0940. The molecule has 0 aliphatic carbocycles. The molecule has 1 fully saturated rings. The molecule has 0 radical (unpaired) electrons. The lowest BCUT2D eigenvalue weighted by Gasteiger charge is -2.20. The van der Waals surface area contributed by atoms with Crippen LogP contribution in [0.4, 0.5) is 10.5 Å². The maximum absolute atomic E-state index is 12.1. The summed E-state index contributed by atoms with van der Waals surface area (Å²) in [5, 5.41) is 7.13. The molecule has 6 heteroatoms. The van der Waals surface area contributed by atoms with Crippen LogP contribution in [0.1, 0.15) is 26.7 Å². The quantitative estimate of drug-likeness (QED) is 0.819. The third-order valence-electron chi connectivity index (χ3n) is 3.43. The van der Waals surface area contributed by atoms with Crippen molar-refractivity contribution in [2.75, 3.05) is 25.0 Å². The van der Waals surface area contributed by atoms with E-state index in [9.17, 15) is 4.79 Å². The summed E-state index contributed by atoms with van der Waals surface area (Å²) in [6, 6.07) is -0.128. The monoisotopic (exact) mass is 292 g/mol. The lowest BCUT2D eigenvalue weighted by atomic mass is 10.2. The van der Waals surface area contributed by atoms with Crippen molar-refractivity contribution < 1.29 is 9.53 Å². The molecule has 2 rings (SSSR count). The van der Waals surface area contributed by atoms with Gasteiger partial charge in [-0.05, 0) is 26.7 Å². The molecule has 2 heterocycles. The number of rotatable bonds is 6. The maximum Gasteiger partial charge on any atom is 0.322 e. The highest BCUT2D eigenvalue weighted by molar-refractivity contribution is 5.89. The number of urea groups is 1. The molecule has 116 valence electrons. The Morgan fingerprint density at radius 1 is 1.67 bits per heavy atom. The highest BCUT2D eigenvalue weighted by Gasteiger charge is 2.17. The topological polar surface area (TPSA) is 59.4 Å². The third-order valence-corrected chi connectivity index (χ3v) is 3.43. The number of amides is 2. The number of nitrogens with one attached hydrogen (secondary N) is 1. The molecule has 1 N–H and O–H groups in total. The number of carbonyl (C=O) groups excluding carboxylic acids is 1. The van der Waals surface area contributed by atoms with Crippen LogP contribution in [0.3, 0.4) is 0 Å². The van der Waals surface area contributed by atoms with Crippen LogP contribution in [0.2, 0.25) is 0 Å². The van der Waals surface area contributed by atoms with Crippen LogP contribution in [-0.4, -0.2) is 46.5 Å². The summed E-state index contributed by atoms with van der Waals surface area (Å²) in [5.74, 6) is 0. The Morgan fingerprint density at radius 3 is 3.10 bits per heavy atom. The molecule has 1 aromatic heterocycles. The van der Waals surface area contributed by atoms with Crippen LogP contribution in [-0.2, 0) is 11.3 Å². The number of aromatic nitrogens is 2. The first-order valence-electron chi connectivity index (χ1n) is 7.43. The summed E-state index contributed by atoms with van der Waals surface area (Å²) in [6.45, 7) is 10.5. The van der Waals surface area contributed by atoms with Gasteiger partial charge in [0.15, 0.2) is 0 Å². The Kier molecular flexibility index (Phi) is 5.38. The third kappa shape index (κ3) is 4.60. The van der Waals surface area contributed by atoms with Crippen molar-refractivity contribution >= 4 is 11.7 Å². The van der Waals surface area contributed by atoms with Gasteiger partial charge in [0.05, 0.1) is 24.5 Å². The number of carbonyl (C=O) groups is 1. The van der Waals surface area contributed by atoms with Crippen molar-refractivity contribution in [1.82, 2.24) is 14.7 Å². The second-order valence-electron chi connectivity index (χ2n) is 5.49. The molecular weight excluding hydrogens is 268 g/mol. The Balaban J connectivity index is 1.88. The van der Waals surface area contributed by atoms with Gasteiger partial charge in [-0.1, -0.05) is 12.2 Å². The Bertz CT molecular complexity index is 492. The second-order valence-corrected chi connectivity index (χ2v) is 5.49. The minimum absolute atomic E-state index is 0.128. The molecule has 1 unspecified atom stereocenters. The number of hydrogen-bond donors (Lipinski definition) is 1. The van der Waals surface area contributed by atoms with Crippen LogP contribution in [0.15, 0.2) is 24.5 Å². The lowest BCUT2D eigenvalue weighted by Crippen LogP contribution is -2.35. The van der Waals surface area contributed by atoms with Crippen LogP contribution >= 0.6 is 0 Å². The predicted octanol–water partition coefficient (Wildman–Crippen LogP) is 2.49. The SMILES string of the molecule is C=C(C)CN(CC)C(=O)Nc1cnn(CC2CCCO2)c1. The Hall–Kier alpha value is -1.82. The van der Waals surface area contributed by atoms with E-state index in [4.69, 9.17) is 4.74 Å².